The zero-order chi connectivity index (χ0) is 15.4. The minimum Gasteiger partial charge on any atom is -0.298 e. The highest BCUT2D eigenvalue weighted by Crippen LogP contribution is 2.23. The van der Waals surface area contributed by atoms with Gasteiger partial charge < -0.3 is 0 Å². The molecule has 108 valence electrons. The Morgan fingerprint density at radius 2 is 2.10 bits per heavy atom. The van der Waals surface area contributed by atoms with Gasteiger partial charge in [-0.3, -0.25) is 14.9 Å². The van der Waals surface area contributed by atoms with Crippen molar-refractivity contribution in [2.45, 2.75) is 19.3 Å². The lowest BCUT2D eigenvalue weighted by atomic mass is 10.0. The zero-order valence-corrected chi connectivity index (χ0v) is 11.6. The molecule has 0 radical (unpaired) electrons. The highest BCUT2D eigenvalue weighted by atomic mass is 16.6. The Balaban J connectivity index is 2.38. The SMILES string of the molecule is C=CCC(C)c1nn(-c2ccc([N+](=O)[O-])cc2)cc1C=O. The number of aromatic nitrogens is 2. The molecule has 0 saturated carbocycles. The third-order valence-corrected chi connectivity index (χ3v) is 3.21. The van der Waals surface area contributed by atoms with E-state index < -0.39 is 4.92 Å². The number of hydrogen-bond donors (Lipinski definition) is 0. The number of nitro benzene ring substituents is 1. The van der Waals surface area contributed by atoms with Crippen LogP contribution >= 0.6 is 0 Å². The van der Waals surface area contributed by atoms with E-state index >= 15 is 0 Å². The Bertz CT molecular complexity index is 674. The maximum atomic E-state index is 11.2. The number of nitro groups is 1. The largest absolute Gasteiger partial charge is 0.298 e. The predicted molar refractivity (Wildman–Crippen MR) is 78.8 cm³/mol. The first-order valence-corrected chi connectivity index (χ1v) is 6.47. The van der Waals surface area contributed by atoms with Crippen molar-refractivity contribution in [3.05, 3.63) is 64.5 Å². The van der Waals surface area contributed by atoms with Crippen LogP contribution in [0.5, 0.6) is 0 Å². The van der Waals surface area contributed by atoms with Gasteiger partial charge in [-0.15, -0.1) is 6.58 Å². The number of aldehydes is 1. The van der Waals surface area contributed by atoms with Crippen molar-refractivity contribution in [1.82, 2.24) is 9.78 Å². The summed E-state index contributed by atoms with van der Waals surface area (Å²) in [5.41, 5.74) is 1.90. The van der Waals surface area contributed by atoms with E-state index in [-0.39, 0.29) is 11.6 Å². The Morgan fingerprint density at radius 3 is 2.62 bits per heavy atom. The number of benzene rings is 1. The summed E-state index contributed by atoms with van der Waals surface area (Å²) < 4.78 is 1.56. The third-order valence-electron chi connectivity index (χ3n) is 3.21. The van der Waals surface area contributed by atoms with Crippen LogP contribution in [0.15, 0.2) is 43.1 Å². The second-order valence-electron chi connectivity index (χ2n) is 4.73. The van der Waals surface area contributed by atoms with Gasteiger partial charge in [0.15, 0.2) is 6.29 Å². The van der Waals surface area contributed by atoms with Crippen LogP contribution in [0.25, 0.3) is 5.69 Å². The fraction of sp³-hybridized carbons (Fsp3) is 0.200. The van der Waals surface area contributed by atoms with E-state index in [4.69, 9.17) is 0 Å². The number of carbonyl (C=O) groups is 1. The molecule has 1 aromatic heterocycles. The van der Waals surface area contributed by atoms with E-state index in [2.05, 4.69) is 11.7 Å². The zero-order valence-electron chi connectivity index (χ0n) is 11.6. The van der Waals surface area contributed by atoms with Crippen LogP contribution in [-0.4, -0.2) is 21.0 Å². The second-order valence-corrected chi connectivity index (χ2v) is 4.73. The Labute approximate surface area is 121 Å². The number of nitrogens with zero attached hydrogens (tertiary/aromatic N) is 3. The summed E-state index contributed by atoms with van der Waals surface area (Å²) in [6.45, 7) is 5.66. The molecule has 2 aromatic rings. The molecule has 0 fully saturated rings. The molecule has 0 spiro atoms. The van der Waals surface area contributed by atoms with Crippen LogP contribution in [0.1, 0.15) is 35.3 Å². The molecular weight excluding hydrogens is 270 g/mol. The lowest BCUT2D eigenvalue weighted by Crippen LogP contribution is -1.99. The summed E-state index contributed by atoms with van der Waals surface area (Å²) in [5, 5.41) is 15.1. The van der Waals surface area contributed by atoms with E-state index in [0.29, 0.717) is 16.9 Å². The monoisotopic (exact) mass is 285 g/mol. The predicted octanol–water partition coefficient (Wildman–Crippen LogP) is 3.27. The Morgan fingerprint density at radius 1 is 1.43 bits per heavy atom. The van der Waals surface area contributed by atoms with Gasteiger partial charge in [-0.1, -0.05) is 13.0 Å². The van der Waals surface area contributed by atoms with Crippen molar-refractivity contribution in [1.29, 1.82) is 0 Å². The van der Waals surface area contributed by atoms with Gasteiger partial charge in [-0.2, -0.15) is 5.10 Å². The van der Waals surface area contributed by atoms with Crippen LogP contribution in [-0.2, 0) is 0 Å². The molecule has 1 aromatic carbocycles. The number of allylic oxidation sites excluding steroid dienone is 1. The summed E-state index contributed by atoms with van der Waals surface area (Å²) in [6, 6.07) is 6.01. The molecule has 1 unspecified atom stereocenters. The normalized spacial score (nSPS) is 11.9. The van der Waals surface area contributed by atoms with Gasteiger partial charge in [0.2, 0.25) is 0 Å². The van der Waals surface area contributed by atoms with Crippen LogP contribution < -0.4 is 0 Å². The quantitative estimate of drug-likeness (QED) is 0.353. The first-order valence-electron chi connectivity index (χ1n) is 6.47. The lowest BCUT2D eigenvalue weighted by Gasteiger charge is -2.05. The maximum absolute atomic E-state index is 11.2. The second kappa shape index (κ2) is 6.13. The van der Waals surface area contributed by atoms with E-state index in [1.807, 2.05) is 6.92 Å². The molecule has 6 heteroatoms. The highest BCUT2D eigenvalue weighted by molar-refractivity contribution is 5.76. The molecule has 21 heavy (non-hydrogen) atoms. The molecule has 1 atom stereocenters. The molecule has 0 saturated heterocycles. The van der Waals surface area contributed by atoms with Gasteiger partial charge >= 0.3 is 0 Å². The third kappa shape index (κ3) is 3.05. The van der Waals surface area contributed by atoms with E-state index in [9.17, 15) is 14.9 Å². The summed E-state index contributed by atoms with van der Waals surface area (Å²) in [6.07, 6.45) is 4.90. The number of rotatable bonds is 6. The van der Waals surface area contributed by atoms with E-state index in [1.54, 1.807) is 29.1 Å². The molecule has 6 nitrogen and oxygen atoms in total. The van der Waals surface area contributed by atoms with Gasteiger partial charge in [0, 0.05) is 24.2 Å². The van der Waals surface area contributed by atoms with Crippen molar-refractivity contribution < 1.29 is 9.72 Å². The Hall–Kier alpha value is -2.76. The van der Waals surface area contributed by atoms with Crippen LogP contribution in [0.3, 0.4) is 0 Å². The van der Waals surface area contributed by atoms with Crippen molar-refractivity contribution in [2.75, 3.05) is 0 Å². The molecule has 0 aliphatic heterocycles. The van der Waals surface area contributed by atoms with Crippen molar-refractivity contribution in [3.63, 3.8) is 0 Å². The average molecular weight is 285 g/mol. The fourth-order valence-corrected chi connectivity index (χ4v) is 2.10. The maximum Gasteiger partial charge on any atom is 0.269 e. The Kier molecular flexibility index (Phi) is 4.27. The summed E-state index contributed by atoms with van der Waals surface area (Å²) in [4.78, 5) is 21.3. The van der Waals surface area contributed by atoms with Crippen molar-refractivity contribution in [3.8, 4) is 5.69 Å². The lowest BCUT2D eigenvalue weighted by molar-refractivity contribution is -0.384. The van der Waals surface area contributed by atoms with E-state index in [1.165, 1.54) is 12.1 Å². The van der Waals surface area contributed by atoms with Crippen molar-refractivity contribution >= 4 is 12.0 Å². The van der Waals surface area contributed by atoms with Gasteiger partial charge in [0.25, 0.3) is 5.69 Å². The summed E-state index contributed by atoms with van der Waals surface area (Å²) in [5.74, 6) is 0.0852. The summed E-state index contributed by atoms with van der Waals surface area (Å²) in [7, 11) is 0. The molecule has 0 bridgehead atoms. The number of non-ortho nitro benzene ring substituents is 1. The summed E-state index contributed by atoms with van der Waals surface area (Å²) >= 11 is 0. The van der Waals surface area contributed by atoms with Gasteiger partial charge in [0.05, 0.1) is 21.9 Å². The fourth-order valence-electron chi connectivity index (χ4n) is 2.10. The molecule has 1 heterocycles. The van der Waals surface area contributed by atoms with Crippen LogP contribution in [0, 0.1) is 10.1 Å². The highest BCUT2D eigenvalue weighted by Gasteiger charge is 2.15. The standard InChI is InChI=1S/C15H15N3O3/c1-3-4-11(2)15-12(10-19)9-17(16-15)13-5-7-14(8-6-13)18(20)21/h3,5-11H,1,4H2,2H3. The van der Waals surface area contributed by atoms with Gasteiger partial charge in [0.1, 0.15) is 0 Å². The number of hydrogen-bond acceptors (Lipinski definition) is 4. The van der Waals surface area contributed by atoms with Crippen LogP contribution in [0.4, 0.5) is 5.69 Å². The van der Waals surface area contributed by atoms with E-state index in [0.717, 1.165) is 12.7 Å². The smallest absolute Gasteiger partial charge is 0.269 e. The molecular formula is C15H15N3O3. The molecule has 0 N–H and O–H groups in total. The van der Waals surface area contributed by atoms with Gasteiger partial charge in [-0.25, -0.2) is 4.68 Å². The molecule has 0 amide bonds. The molecule has 2 rings (SSSR count). The minimum atomic E-state index is -0.457. The first-order chi connectivity index (χ1) is 10.1. The minimum absolute atomic E-state index is 0.0155. The topological polar surface area (TPSA) is 78.0 Å². The molecule has 0 aliphatic rings. The first kappa shape index (κ1) is 14.6. The molecule has 0 aliphatic carbocycles. The average Bonchev–Trinajstić information content (AvgIpc) is 2.92. The van der Waals surface area contributed by atoms with Crippen molar-refractivity contribution in [2.24, 2.45) is 0 Å². The van der Waals surface area contributed by atoms with Crippen LogP contribution in [0.2, 0.25) is 0 Å². The van der Waals surface area contributed by atoms with Gasteiger partial charge in [-0.05, 0) is 18.6 Å². The number of carbonyl (C=O) groups excluding carboxylic acids is 1.